The lowest BCUT2D eigenvalue weighted by molar-refractivity contribution is 0.00346. The third kappa shape index (κ3) is 8.18. The van der Waals surface area contributed by atoms with Crippen LogP contribution in [0.15, 0.2) is 30.3 Å². The maximum atomic E-state index is 13.6. The average Bonchev–Trinajstić information content (AvgIpc) is 2.96. The van der Waals surface area contributed by atoms with Gasteiger partial charge in [0.1, 0.15) is 5.75 Å². The largest absolute Gasteiger partial charge is 0.493 e. The molecule has 8 nitrogen and oxygen atoms in total. The van der Waals surface area contributed by atoms with E-state index in [1.54, 1.807) is 40.6 Å². The Morgan fingerprint density at radius 3 is 2.18 bits per heavy atom. The second-order valence-electron chi connectivity index (χ2n) is 10.1. The molecule has 3 rings (SSSR count). The molecule has 1 atom stereocenters. The van der Waals surface area contributed by atoms with Crippen LogP contribution in [-0.2, 0) is 6.42 Å². The molecule has 2 aromatic rings. The number of unbranched alkanes of at least 4 members (excludes halogenated alkanes) is 4. The van der Waals surface area contributed by atoms with Crippen LogP contribution in [-0.4, -0.2) is 77.1 Å². The van der Waals surface area contributed by atoms with Gasteiger partial charge in [-0.2, -0.15) is 0 Å². The van der Waals surface area contributed by atoms with Crippen molar-refractivity contribution in [3.63, 3.8) is 0 Å². The first-order chi connectivity index (χ1) is 18.9. The van der Waals surface area contributed by atoms with Crippen LogP contribution in [0.3, 0.4) is 0 Å². The summed E-state index contributed by atoms with van der Waals surface area (Å²) in [4.78, 5) is 17.8. The summed E-state index contributed by atoms with van der Waals surface area (Å²) in [5.74, 6) is 3.14. The number of hydrogen-bond donors (Lipinski definition) is 0. The van der Waals surface area contributed by atoms with Gasteiger partial charge in [0.15, 0.2) is 29.2 Å². The van der Waals surface area contributed by atoms with E-state index in [1.807, 2.05) is 17.0 Å². The summed E-state index contributed by atoms with van der Waals surface area (Å²) in [6.45, 7) is 4.63. The maximum absolute atomic E-state index is 13.6. The summed E-state index contributed by atoms with van der Waals surface area (Å²) in [7, 11) is 8.59. The number of benzene rings is 2. The molecule has 216 valence electrons. The monoisotopic (exact) mass is 542 g/mol. The van der Waals surface area contributed by atoms with Crippen molar-refractivity contribution in [1.82, 2.24) is 9.80 Å². The van der Waals surface area contributed by atoms with Gasteiger partial charge >= 0.3 is 0 Å². The van der Waals surface area contributed by atoms with Crippen molar-refractivity contribution < 1.29 is 28.5 Å². The molecule has 0 radical (unpaired) electrons. The lowest BCUT2D eigenvalue weighted by Crippen LogP contribution is -2.48. The highest BCUT2D eigenvalue weighted by molar-refractivity contribution is 5.98. The van der Waals surface area contributed by atoms with E-state index in [1.165, 1.54) is 24.8 Å². The van der Waals surface area contributed by atoms with Crippen LogP contribution in [0.5, 0.6) is 28.7 Å². The molecule has 2 aromatic carbocycles. The number of methoxy groups -OCH3 is 4. The van der Waals surface area contributed by atoms with E-state index < -0.39 is 0 Å². The van der Waals surface area contributed by atoms with Crippen molar-refractivity contribution in [1.29, 1.82) is 0 Å². The predicted octanol–water partition coefficient (Wildman–Crippen LogP) is 5.81. The summed E-state index contributed by atoms with van der Waals surface area (Å²) in [5, 5.41) is 0. The lowest BCUT2D eigenvalue weighted by Gasteiger charge is -2.37. The Morgan fingerprint density at radius 2 is 1.49 bits per heavy atom. The molecule has 39 heavy (non-hydrogen) atoms. The van der Waals surface area contributed by atoms with Gasteiger partial charge in [0.25, 0.3) is 5.91 Å². The minimum atomic E-state index is -0.276. The Hall–Kier alpha value is -3.13. The van der Waals surface area contributed by atoms with E-state index in [-0.39, 0.29) is 12.1 Å². The Balaban J connectivity index is 1.61. The van der Waals surface area contributed by atoms with Crippen molar-refractivity contribution in [2.45, 2.75) is 64.5 Å². The van der Waals surface area contributed by atoms with Gasteiger partial charge in [-0.15, -0.1) is 0 Å². The zero-order valence-corrected chi connectivity index (χ0v) is 24.6. The molecule has 0 spiro atoms. The molecular weight excluding hydrogens is 496 g/mol. The Bertz CT molecular complexity index is 1060. The molecule has 0 aliphatic carbocycles. The smallest absolute Gasteiger partial charge is 0.260 e. The molecule has 1 amide bonds. The quantitative estimate of drug-likeness (QED) is 0.234. The Morgan fingerprint density at radius 1 is 0.821 bits per heavy atom. The normalized spacial score (nSPS) is 14.7. The van der Waals surface area contributed by atoms with Crippen molar-refractivity contribution in [2.24, 2.45) is 0 Å². The summed E-state index contributed by atoms with van der Waals surface area (Å²) in [6, 6.07) is 9.56. The number of likely N-dealkylation sites (N-methyl/N-ethyl adjacent to an activating group) is 1. The van der Waals surface area contributed by atoms with Gasteiger partial charge in [0, 0.05) is 31.6 Å². The zero-order chi connectivity index (χ0) is 28.2. The predicted molar refractivity (Wildman–Crippen MR) is 154 cm³/mol. The van der Waals surface area contributed by atoms with Gasteiger partial charge in [-0.05, 0) is 50.6 Å². The summed E-state index contributed by atoms with van der Waals surface area (Å²) in [6.07, 6.45) is 8.13. The molecule has 0 aromatic heterocycles. The van der Waals surface area contributed by atoms with Crippen LogP contribution < -0.4 is 23.7 Å². The van der Waals surface area contributed by atoms with Gasteiger partial charge in [0.2, 0.25) is 0 Å². The first kappa shape index (κ1) is 30.4. The standard InChI is InChI=1S/C31H46N2O6/c1-7-8-9-10-11-13-30-33(31(34)24-21-28(37-5)29(38-6)22-26(24)39-30)18-12-17-32(2)19-16-23-14-15-25(35-3)27(20-23)36-4/h14-15,20-22,30H,7-13,16-19H2,1-6H3. The summed E-state index contributed by atoms with van der Waals surface area (Å²) < 4.78 is 28.1. The second-order valence-corrected chi connectivity index (χ2v) is 10.1. The minimum Gasteiger partial charge on any atom is -0.493 e. The van der Waals surface area contributed by atoms with Crippen LogP contribution >= 0.6 is 0 Å². The van der Waals surface area contributed by atoms with Crippen LogP contribution in [0.4, 0.5) is 0 Å². The van der Waals surface area contributed by atoms with Crippen molar-refractivity contribution in [2.75, 3.05) is 55.1 Å². The molecule has 8 heteroatoms. The summed E-state index contributed by atoms with van der Waals surface area (Å²) in [5.41, 5.74) is 1.72. The third-order valence-electron chi connectivity index (χ3n) is 7.31. The van der Waals surface area contributed by atoms with Gasteiger partial charge < -0.3 is 33.5 Å². The van der Waals surface area contributed by atoms with Crippen LogP contribution in [0.1, 0.15) is 67.8 Å². The fourth-order valence-electron chi connectivity index (χ4n) is 4.98. The number of carbonyl (C=O) groups is 1. The fourth-order valence-corrected chi connectivity index (χ4v) is 4.98. The third-order valence-corrected chi connectivity index (χ3v) is 7.31. The zero-order valence-electron chi connectivity index (χ0n) is 24.6. The second kappa shape index (κ2) is 15.5. The molecule has 0 saturated heterocycles. The maximum Gasteiger partial charge on any atom is 0.260 e. The van der Waals surface area contributed by atoms with Gasteiger partial charge in [-0.3, -0.25) is 4.79 Å². The number of hydrogen-bond acceptors (Lipinski definition) is 7. The number of rotatable bonds is 17. The van der Waals surface area contributed by atoms with E-state index in [9.17, 15) is 4.79 Å². The Kier molecular flexibility index (Phi) is 12.1. The number of nitrogens with zero attached hydrogens (tertiary/aromatic N) is 2. The molecule has 1 aliphatic rings. The fraction of sp³-hybridized carbons (Fsp3) is 0.581. The highest BCUT2D eigenvalue weighted by Gasteiger charge is 2.34. The van der Waals surface area contributed by atoms with Crippen LogP contribution in [0.25, 0.3) is 0 Å². The lowest BCUT2D eigenvalue weighted by atomic mass is 10.1. The highest BCUT2D eigenvalue weighted by Crippen LogP contribution is 2.39. The first-order valence-electron chi connectivity index (χ1n) is 14.1. The number of amides is 1. The Labute approximate surface area is 234 Å². The molecule has 1 unspecified atom stereocenters. The van der Waals surface area contributed by atoms with E-state index in [0.717, 1.165) is 56.7 Å². The minimum absolute atomic E-state index is 0.0104. The summed E-state index contributed by atoms with van der Waals surface area (Å²) >= 11 is 0. The van der Waals surface area contributed by atoms with Gasteiger partial charge in [-0.25, -0.2) is 0 Å². The van der Waals surface area contributed by atoms with Gasteiger partial charge in [0.05, 0.1) is 34.0 Å². The van der Waals surface area contributed by atoms with Crippen molar-refractivity contribution in [3.8, 4) is 28.7 Å². The van der Waals surface area contributed by atoms with Crippen molar-refractivity contribution in [3.05, 3.63) is 41.5 Å². The molecule has 1 heterocycles. The first-order valence-corrected chi connectivity index (χ1v) is 14.1. The van der Waals surface area contributed by atoms with Crippen LogP contribution in [0.2, 0.25) is 0 Å². The highest BCUT2D eigenvalue weighted by atomic mass is 16.5. The molecule has 0 fully saturated rings. The SMILES string of the molecule is CCCCCCCC1Oc2cc(OC)c(OC)cc2C(=O)N1CCCN(C)CCc1ccc(OC)c(OC)c1. The molecular formula is C31H46N2O6. The van der Waals surface area contributed by atoms with Crippen molar-refractivity contribution >= 4 is 5.91 Å². The van der Waals surface area contributed by atoms with E-state index >= 15 is 0 Å². The van der Waals surface area contributed by atoms with Crippen LogP contribution in [0, 0.1) is 0 Å². The molecule has 0 saturated carbocycles. The number of ether oxygens (including phenoxy) is 5. The average molecular weight is 543 g/mol. The van der Waals surface area contributed by atoms with Gasteiger partial charge in [-0.1, -0.05) is 38.7 Å². The number of carbonyl (C=O) groups excluding carboxylic acids is 1. The number of fused-ring (bicyclic) bond motifs is 1. The molecule has 0 N–H and O–H groups in total. The topological polar surface area (TPSA) is 69.7 Å². The molecule has 0 bridgehead atoms. The van der Waals surface area contributed by atoms with E-state index in [2.05, 4.69) is 24.9 Å². The van der Waals surface area contributed by atoms with E-state index in [4.69, 9.17) is 23.7 Å². The van der Waals surface area contributed by atoms with E-state index in [0.29, 0.717) is 29.4 Å². The molecule has 1 aliphatic heterocycles.